The Labute approximate surface area is 216 Å². The van der Waals surface area contributed by atoms with Gasteiger partial charge >= 0.3 is 0 Å². The molecule has 0 heterocycles. The van der Waals surface area contributed by atoms with Gasteiger partial charge in [-0.15, -0.1) is 0 Å². The first-order chi connectivity index (χ1) is 16.4. The van der Waals surface area contributed by atoms with Gasteiger partial charge < -0.3 is 10.6 Å². The Kier molecular flexibility index (Phi) is 22.0. The van der Waals surface area contributed by atoms with E-state index in [0.717, 1.165) is 31.5 Å². The summed E-state index contributed by atoms with van der Waals surface area (Å²) in [5.41, 5.74) is 12.9. The van der Waals surface area contributed by atoms with E-state index in [1.54, 1.807) is 0 Å². The van der Waals surface area contributed by atoms with E-state index < -0.39 is 0 Å². The number of likely N-dealkylation sites (N-methyl/N-ethyl adjacent to an activating group) is 1. The van der Waals surface area contributed by atoms with Gasteiger partial charge in [0.25, 0.3) is 0 Å². The van der Waals surface area contributed by atoms with E-state index in [-0.39, 0.29) is 4.70 Å². The summed E-state index contributed by atoms with van der Waals surface area (Å²) in [6, 6.07) is 15.2. The number of allylic oxidation sites excluding steroid dienone is 2. The molecule has 0 bridgehead atoms. The van der Waals surface area contributed by atoms with Crippen molar-refractivity contribution in [2.24, 2.45) is 5.73 Å². The summed E-state index contributed by atoms with van der Waals surface area (Å²) in [4.78, 5) is 2.19. The zero-order chi connectivity index (χ0) is 25.8. The molecule has 2 aromatic carbocycles. The van der Waals surface area contributed by atoms with Crippen LogP contribution < -0.4 is 10.6 Å². The van der Waals surface area contributed by atoms with Crippen molar-refractivity contribution >= 4 is 11.8 Å². The zero-order valence-electron chi connectivity index (χ0n) is 23.7. The standard InChI is InChI=1S/C23H30N2.C7H16.C2H6.FH/c1-18-9-14-23(19(2)16-18)25(4)20(3)17-22-12-10-21(11-13-22)8-6-5-7-15-24;1-3-5-7-6-4-2;1-2;/h6,8-14,16H,3,5,7,15,17,24H2,1-2,4H3;3-7H2,1-2H3;1-2H3;1H/b8-6+;;;. The van der Waals surface area contributed by atoms with Crippen LogP contribution in [0.3, 0.4) is 0 Å². The lowest BCUT2D eigenvalue weighted by Gasteiger charge is -2.24. The summed E-state index contributed by atoms with van der Waals surface area (Å²) < 4.78 is 0. The molecule has 0 radical (unpaired) electrons. The van der Waals surface area contributed by atoms with Crippen LogP contribution in [0.25, 0.3) is 6.08 Å². The highest BCUT2D eigenvalue weighted by Crippen LogP contribution is 2.24. The van der Waals surface area contributed by atoms with Crippen molar-refractivity contribution < 1.29 is 4.70 Å². The molecule has 2 nitrogen and oxygen atoms in total. The van der Waals surface area contributed by atoms with Gasteiger partial charge in [-0.1, -0.05) is 120 Å². The Balaban J connectivity index is 0. The molecule has 0 saturated heterocycles. The van der Waals surface area contributed by atoms with Crippen molar-refractivity contribution in [2.75, 3.05) is 18.5 Å². The Bertz CT molecular complexity index is 805. The van der Waals surface area contributed by atoms with E-state index in [9.17, 15) is 0 Å². The Morgan fingerprint density at radius 1 is 0.914 bits per heavy atom. The third-order valence-electron chi connectivity index (χ3n) is 5.67. The summed E-state index contributed by atoms with van der Waals surface area (Å²) in [6.45, 7) is 17.8. The first-order valence-corrected chi connectivity index (χ1v) is 13.4. The number of rotatable bonds is 12. The van der Waals surface area contributed by atoms with Gasteiger partial charge in [0.1, 0.15) is 0 Å². The maximum absolute atomic E-state index is 5.51. The van der Waals surface area contributed by atoms with Crippen LogP contribution in [0.1, 0.15) is 94.9 Å². The molecule has 0 amide bonds. The van der Waals surface area contributed by atoms with Crippen LogP contribution in [0.4, 0.5) is 10.4 Å². The summed E-state index contributed by atoms with van der Waals surface area (Å²) >= 11 is 0. The van der Waals surface area contributed by atoms with Crippen LogP contribution in [-0.2, 0) is 6.42 Å². The topological polar surface area (TPSA) is 29.3 Å². The second-order valence-electron chi connectivity index (χ2n) is 8.73. The largest absolute Gasteiger partial charge is 0.348 e. The maximum Gasteiger partial charge on any atom is 0.0435 e. The third-order valence-corrected chi connectivity index (χ3v) is 5.67. The van der Waals surface area contributed by atoms with Crippen LogP contribution >= 0.6 is 0 Å². The monoisotopic (exact) mass is 484 g/mol. The van der Waals surface area contributed by atoms with Gasteiger partial charge in [0.15, 0.2) is 0 Å². The second-order valence-corrected chi connectivity index (χ2v) is 8.73. The molecule has 0 aliphatic carbocycles. The molecule has 2 aromatic rings. The Hall–Kier alpha value is -2.39. The van der Waals surface area contributed by atoms with Crippen LogP contribution in [0.5, 0.6) is 0 Å². The van der Waals surface area contributed by atoms with Crippen molar-refractivity contribution in [3.63, 3.8) is 0 Å². The smallest absolute Gasteiger partial charge is 0.0435 e. The highest BCUT2D eigenvalue weighted by Gasteiger charge is 2.09. The minimum Gasteiger partial charge on any atom is -0.348 e. The molecule has 198 valence electrons. The van der Waals surface area contributed by atoms with Gasteiger partial charge in [0, 0.05) is 24.9 Å². The molecular formula is C32H53FN2. The molecule has 3 heteroatoms. The Morgan fingerprint density at radius 2 is 1.51 bits per heavy atom. The van der Waals surface area contributed by atoms with Crippen molar-refractivity contribution in [2.45, 2.75) is 92.9 Å². The van der Waals surface area contributed by atoms with Gasteiger partial charge in [0.05, 0.1) is 0 Å². The molecule has 0 fully saturated rings. The average Bonchev–Trinajstić information content (AvgIpc) is 2.84. The van der Waals surface area contributed by atoms with Gasteiger partial charge in [0.2, 0.25) is 0 Å². The number of benzene rings is 2. The number of nitrogens with zero attached hydrogens (tertiary/aromatic N) is 1. The molecule has 0 aromatic heterocycles. The van der Waals surface area contributed by atoms with Crippen molar-refractivity contribution in [3.05, 3.63) is 83.1 Å². The lowest BCUT2D eigenvalue weighted by molar-refractivity contribution is 0.656. The molecule has 2 N–H and O–H groups in total. The first kappa shape index (κ1) is 34.8. The number of halogens is 1. The summed E-state index contributed by atoms with van der Waals surface area (Å²) in [7, 11) is 2.09. The van der Waals surface area contributed by atoms with Crippen LogP contribution in [0.15, 0.2) is 60.8 Å². The van der Waals surface area contributed by atoms with Gasteiger partial charge in [-0.3, -0.25) is 4.70 Å². The summed E-state index contributed by atoms with van der Waals surface area (Å²) in [5.74, 6) is 0. The number of nitrogens with two attached hydrogens (primary N) is 1. The fourth-order valence-corrected chi connectivity index (χ4v) is 3.58. The third kappa shape index (κ3) is 15.3. The predicted octanol–water partition coefficient (Wildman–Crippen LogP) is 9.40. The lowest BCUT2D eigenvalue weighted by Crippen LogP contribution is -2.18. The molecule has 0 saturated carbocycles. The predicted molar refractivity (Wildman–Crippen MR) is 159 cm³/mol. The molecule has 0 aliphatic heterocycles. The van der Waals surface area contributed by atoms with E-state index in [0.29, 0.717) is 0 Å². The highest BCUT2D eigenvalue weighted by atomic mass is 19.0. The second kappa shape index (κ2) is 22.1. The lowest BCUT2D eigenvalue weighted by atomic mass is 10.1. The van der Waals surface area contributed by atoms with Crippen LogP contribution in [-0.4, -0.2) is 13.6 Å². The van der Waals surface area contributed by atoms with Gasteiger partial charge in [-0.05, 0) is 56.0 Å². The van der Waals surface area contributed by atoms with E-state index in [4.69, 9.17) is 5.73 Å². The molecule has 0 unspecified atom stereocenters. The molecular weight excluding hydrogens is 431 g/mol. The number of hydrogen-bond acceptors (Lipinski definition) is 2. The van der Waals surface area contributed by atoms with E-state index >= 15 is 0 Å². The molecule has 0 aliphatic rings. The van der Waals surface area contributed by atoms with E-state index in [1.165, 1.54) is 60.0 Å². The summed E-state index contributed by atoms with van der Waals surface area (Å²) in [6.07, 6.45) is 14.3. The van der Waals surface area contributed by atoms with E-state index in [1.807, 2.05) is 13.8 Å². The van der Waals surface area contributed by atoms with Crippen LogP contribution in [0.2, 0.25) is 0 Å². The quantitative estimate of drug-likeness (QED) is 0.304. The Morgan fingerprint density at radius 3 is 2.03 bits per heavy atom. The SMILES string of the molecule is C=C(Cc1ccc(/C=C/CCCN)cc1)N(C)c1ccc(C)cc1C.CC.CCCCCCC.F. The van der Waals surface area contributed by atoms with Crippen molar-refractivity contribution in [3.8, 4) is 0 Å². The molecule has 2 rings (SSSR count). The maximum atomic E-state index is 5.51. The van der Waals surface area contributed by atoms with E-state index in [2.05, 4.69) is 101 Å². The number of hydrogen-bond donors (Lipinski definition) is 1. The fourth-order valence-electron chi connectivity index (χ4n) is 3.58. The summed E-state index contributed by atoms with van der Waals surface area (Å²) in [5, 5.41) is 0. The highest BCUT2D eigenvalue weighted by molar-refractivity contribution is 5.58. The minimum atomic E-state index is 0. The first-order valence-electron chi connectivity index (χ1n) is 13.4. The van der Waals surface area contributed by atoms with Crippen molar-refractivity contribution in [1.29, 1.82) is 0 Å². The van der Waals surface area contributed by atoms with Gasteiger partial charge in [-0.2, -0.15) is 0 Å². The minimum absolute atomic E-state index is 0. The number of anilines is 1. The average molecular weight is 485 g/mol. The van der Waals surface area contributed by atoms with Crippen LogP contribution in [0, 0.1) is 13.8 Å². The normalized spacial score (nSPS) is 9.94. The molecule has 35 heavy (non-hydrogen) atoms. The molecule has 0 atom stereocenters. The zero-order valence-corrected chi connectivity index (χ0v) is 23.7. The van der Waals surface area contributed by atoms with Gasteiger partial charge in [-0.25, -0.2) is 0 Å². The molecule has 0 spiro atoms. The fraction of sp³-hybridized carbons (Fsp3) is 0.500. The van der Waals surface area contributed by atoms with Crippen molar-refractivity contribution in [1.82, 2.24) is 0 Å². The number of unbranched alkanes of at least 4 members (excludes halogenated alkanes) is 5. The number of aryl methyl sites for hydroxylation is 2.